The van der Waals surface area contributed by atoms with Crippen LogP contribution in [-0.4, -0.2) is 21.3 Å². The Labute approximate surface area is 141 Å². The van der Waals surface area contributed by atoms with Gasteiger partial charge in [-0.15, -0.1) is 0 Å². The van der Waals surface area contributed by atoms with Crippen LogP contribution in [0.15, 0.2) is 54.7 Å². The van der Waals surface area contributed by atoms with E-state index in [2.05, 4.69) is 10.3 Å². The molecule has 0 bridgehead atoms. The van der Waals surface area contributed by atoms with Gasteiger partial charge in [0.1, 0.15) is 11.5 Å². The first-order chi connectivity index (χ1) is 11.7. The number of hydrogen-bond donors (Lipinski definition) is 2. The molecule has 3 rings (SSSR count). The monoisotopic (exact) mass is 323 g/mol. The maximum Gasteiger partial charge on any atom is 0.203 e. The summed E-state index contributed by atoms with van der Waals surface area (Å²) >= 11 is 0. The van der Waals surface area contributed by atoms with E-state index in [-0.39, 0.29) is 5.75 Å². The number of ether oxygens (including phenoxy) is 1. The molecule has 0 fully saturated rings. The number of phenolic OH excluding ortho intramolecular Hbond substituents is 1. The van der Waals surface area contributed by atoms with Gasteiger partial charge in [0.25, 0.3) is 0 Å². The number of anilines is 1. The van der Waals surface area contributed by atoms with Crippen molar-refractivity contribution in [3.8, 4) is 22.8 Å². The van der Waals surface area contributed by atoms with E-state index >= 15 is 0 Å². The quantitative estimate of drug-likeness (QED) is 0.724. The second-order valence-electron chi connectivity index (χ2n) is 5.47. The lowest BCUT2D eigenvalue weighted by Crippen LogP contribution is -2.05. The fraction of sp³-hybridized carbons (Fsp3) is 0.211. The minimum Gasteiger partial charge on any atom is -0.508 e. The molecule has 0 aliphatic rings. The molecule has 0 aliphatic heterocycles. The first kappa shape index (κ1) is 15.9. The van der Waals surface area contributed by atoms with Crippen LogP contribution in [0.5, 0.6) is 11.5 Å². The van der Waals surface area contributed by atoms with Gasteiger partial charge in [0.15, 0.2) is 0 Å². The Hall–Kier alpha value is -2.95. The van der Waals surface area contributed by atoms with Gasteiger partial charge >= 0.3 is 0 Å². The van der Waals surface area contributed by atoms with Crippen molar-refractivity contribution >= 4 is 5.95 Å². The second kappa shape index (κ2) is 7.08. The molecule has 2 aromatic carbocycles. The van der Waals surface area contributed by atoms with Crippen LogP contribution in [0.2, 0.25) is 0 Å². The van der Waals surface area contributed by atoms with E-state index in [0.29, 0.717) is 13.2 Å². The number of imidazole rings is 1. The van der Waals surface area contributed by atoms with Crippen molar-refractivity contribution in [2.24, 2.45) is 7.05 Å². The molecule has 0 atom stereocenters. The van der Waals surface area contributed by atoms with Gasteiger partial charge in [-0.2, -0.15) is 0 Å². The molecule has 24 heavy (non-hydrogen) atoms. The predicted molar refractivity (Wildman–Crippen MR) is 95.2 cm³/mol. The molecule has 1 heterocycles. The summed E-state index contributed by atoms with van der Waals surface area (Å²) in [5.41, 5.74) is 2.92. The normalized spacial score (nSPS) is 10.6. The highest BCUT2D eigenvalue weighted by Gasteiger charge is 2.09. The third-order valence-electron chi connectivity index (χ3n) is 3.88. The van der Waals surface area contributed by atoms with Gasteiger partial charge in [-0.1, -0.05) is 18.2 Å². The van der Waals surface area contributed by atoms with Crippen LogP contribution < -0.4 is 10.1 Å². The Balaban J connectivity index is 1.75. The summed E-state index contributed by atoms with van der Waals surface area (Å²) in [7, 11) is 1.96. The number of nitrogens with one attached hydrogen (secondary N) is 1. The molecule has 5 heteroatoms. The number of para-hydroxylation sites is 1. The van der Waals surface area contributed by atoms with Gasteiger partial charge in [0, 0.05) is 24.7 Å². The van der Waals surface area contributed by atoms with Gasteiger partial charge in [-0.3, -0.25) is 0 Å². The molecule has 0 amide bonds. The standard InChI is InChI=1S/C19H21N3O2/c1-3-24-16-10-8-14(9-11-16)17-13-21-19(22(17)2)20-12-15-6-4-5-7-18(15)23/h4-11,13,23H,3,12H2,1-2H3,(H,20,21). The Morgan fingerprint density at radius 1 is 1.12 bits per heavy atom. The van der Waals surface area contributed by atoms with Crippen molar-refractivity contribution < 1.29 is 9.84 Å². The average molecular weight is 323 g/mol. The first-order valence-corrected chi connectivity index (χ1v) is 7.94. The number of phenols is 1. The minimum absolute atomic E-state index is 0.283. The lowest BCUT2D eigenvalue weighted by Gasteiger charge is -2.10. The smallest absolute Gasteiger partial charge is 0.203 e. The van der Waals surface area contributed by atoms with Crippen molar-refractivity contribution in [1.29, 1.82) is 0 Å². The maximum absolute atomic E-state index is 9.83. The Morgan fingerprint density at radius 3 is 2.58 bits per heavy atom. The summed E-state index contributed by atoms with van der Waals surface area (Å²) < 4.78 is 7.47. The highest BCUT2D eigenvalue weighted by atomic mass is 16.5. The van der Waals surface area contributed by atoms with Crippen LogP contribution in [0.25, 0.3) is 11.3 Å². The van der Waals surface area contributed by atoms with E-state index in [1.165, 1.54) is 0 Å². The summed E-state index contributed by atoms with van der Waals surface area (Å²) in [4.78, 5) is 4.43. The minimum atomic E-state index is 0.283. The lowest BCUT2D eigenvalue weighted by atomic mass is 10.1. The zero-order chi connectivity index (χ0) is 16.9. The van der Waals surface area contributed by atoms with Crippen molar-refractivity contribution in [1.82, 2.24) is 9.55 Å². The lowest BCUT2D eigenvalue weighted by molar-refractivity contribution is 0.340. The van der Waals surface area contributed by atoms with E-state index in [4.69, 9.17) is 4.74 Å². The molecule has 0 spiro atoms. The Bertz CT molecular complexity index is 810. The number of nitrogens with zero attached hydrogens (tertiary/aromatic N) is 2. The molecule has 0 saturated carbocycles. The van der Waals surface area contributed by atoms with E-state index in [9.17, 15) is 5.11 Å². The first-order valence-electron chi connectivity index (χ1n) is 7.94. The maximum atomic E-state index is 9.83. The fourth-order valence-electron chi connectivity index (χ4n) is 2.57. The Kier molecular flexibility index (Phi) is 4.70. The second-order valence-corrected chi connectivity index (χ2v) is 5.47. The van der Waals surface area contributed by atoms with Gasteiger partial charge in [0.05, 0.1) is 18.5 Å². The topological polar surface area (TPSA) is 59.3 Å². The molecule has 124 valence electrons. The van der Waals surface area contributed by atoms with E-state index in [1.54, 1.807) is 6.07 Å². The van der Waals surface area contributed by atoms with Crippen LogP contribution in [0, 0.1) is 0 Å². The molecule has 0 unspecified atom stereocenters. The third kappa shape index (κ3) is 3.35. The number of aromatic hydroxyl groups is 1. The predicted octanol–water partition coefficient (Wildman–Crippen LogP) is 3.80. The average Bonchev–Trinajstić information content (AvgIpc) is 2.96. The highest BCUT2D eigenvalue weighted by molar-refractivity contribution is 5.62. The molecule has 5 nitrogen and oxygen atoms in total. The number of rotatable bonds is 6. The molecular formula is C19H21N3O2. The zero-order valence-corrected chi connectivity index (χ0v) is 13.9. The van der Waals surface area contributed by atoms with Crippen molar-refractivity contribution in [3.63, 3.8) is 0 Å². The van der Waals surface area contributed by atoms with Crippen LogP contribution in [0.4, 0.5) is 5.95 Å². The van der Waals surface area contributed by atoms with E-state index in [0.717, 1.165) is 28.5 Å². The van der Waals surface area contributed by atoms with Gasteiger partial charge in [0.2, 0.25) is 5.95 Å². The summed E-state index contributed by atoms with van der Waals surface area (Å²) in [6.45, 7) is 3.14. The number of benzene rings is 2. The van der Waals surface area contributed by atoms with Crippen LogP contribution in [-0.2, 0) is 13.6 Å². The van der Waals surface area contributed by atoms with Crippen LogP contribution >= 0.6 is 0 Å². The molecule has 3 aromatic rings. The summed E-state index contributed by atoms with van der Waals surface area (Å²) in [5.74, 6) is 1.90. The molecule has 0 aliphatic carbocycles. The molecule has 1 aromatic heterocycles. The van der Waals surface area contributed by atoms with Crippen molar-refractivity contribution in [2.45, 2.75) is 13.5 Å². The van der Waals surface area contributed by atoms with E-state index < -0.39 is 0 Å². The zero-order valence-electron chi connectivity index (χ0n) is 13.9. The summed E-state index contributed by atoms with van der Waals surface area (Å²) in [6, 6.07) is 15.2. The SMILES string of the molecule is CCOc1ccc(-c2cnc(NCc3ccccc3O)n2C)cc1. The Morgan fingerprint density at radius 2 is 1.88 bits per heavy atom. The van der Waals surface area contributed by atoms with Crippen LogP contribution in [0.1, 0.15) is 12.5 Å². The number of aromatic nitrogens is 2. The van der Waals surface area contributed by atoms with Gasteiger partial charge < -0.3 is 19.7 Å². The van der Waals surface area contributed by atoms with Crippen molar-refractivity contribution in [3.05, 3.63) is 60.3 Å². The van der Waals surface area contributed by atoms with Crippen molar-refractivity contribution in [2.75, 3.05) is 11.9 Å². The molecule has 2 N–H and O–H groups in total. The highest BCUT2D eigenvalue weighted by Crippen LogP contribution is 2.25. The fourth-order valence-corrected chi connectivity index (χ4v) is 2.57. The van der Waals surface area contributed by atoms with E-state index in [1.807, 2.05) is 67.2 Å². The van der Waals surface area contributed by atoms with Crippen LogP contribution in [0.3, 0.4) is 0 Å². The molecule has 0 saturated heterocycles. The molecule has 0 radical (unpaired) electrons. The van der Waals surface area contributed by atoms with Gasteiger partial charge in [-0.05, 0) is 37.3 Å². The largest absolute Gasteiger partial charge is 0.508 e. The molecular weight excluding hydrogens is 302 g/mol. The third-order valence-corrected chi connectivity index (χ3v) is 3.88. The number of hydrogen-bond acceptors (Lipinski definition) is 4. The summed E-state index contributed by atoms with van der Waals surface area (Å²) in [6.07, 6.45) is 1.84. The van der Waals surface area contributed by atoms with Gasteiger partial charge in [-0.25, -0.2) is 4.98 Å². The summed E-state index contributed by atoms with van der Waals surface area (Å²) in [5, 5.41) is 13.1.